The number of para-hydroxylation sites is 1. The lowest BCUT2D eigenvalue weighted by Crippen LogP contribution is -2.56. The minimum Gasteiger partial charge on any atom is -0.379 e. The highest BCUT2D eigenvalue weighted by atomic mass is 79.9. The Morgan fingerprint density at radius 2 is 2.19 bits per heavy atom. The summed E-state index contributed by atoms with van der Waals surface area (Å²) >= 11 is 3.38. The standard InChI is InChI=1S/C11H13BrN2O2/c12-8-3-1-2-4-9(8)14-10(15)11(5-13)6-16-7-11/h1-4H,5-7,13H2,(H,14,15). The normalized spacial score (nSPS) is 17.6. The number of anilines is 1. The predicted molar refractivity (Wildman–Crippen MR) is 65.1 cm³/mol. The van der Waals surface area contributed by atoms with Crippen LogP contribution in [0.2, 0.25) is 0 Å². The fourth-order valence-corrected chi connectivity index (χ4v) is 1.89. The lowest BCUT2D eigenvalue weighted by atomic mass is 9.85. The first kappa shape index (κ1) is 11.6. The molecule has 4 nitrogen and oxygen atoms in total. The Kier molecular flexibility index (Phi) is 3.28. The van der Waals surface area contributed by atoms with Gasteiger partial charge in [-0.3, -0.25) is 4.79 Å². The van der Waals surface area contributed by atoms with Crippen molar-refractivity contribution in [3.8, 4) is 0 Å². The second-order valence-electron chi connectivity index (χ2n) is 3.91. The molecule has 16 heavy (non-hydrogen) atoms. The topological polar surface area (TPSA) is 64.4 Å². The van der Waals surface area contributed by atoms with E-state index in [1.807, 2.05) is 24.3 Å². The summed E-state index contributed by atoms with van der Waals surface area (Å²) in [7, 11) is 0. The summed E-state index contributed by atoms with van der Waals surface area (Å²) in [5.74, 6) is -0.0758. The van der Waals surface area contributed by atoms with Crippen LogP contribution in [0.15, 0.2) is 28.7 Å². The van der Waals surface area contributed by atoms with Gasteiger partial charge < -0.3 is 15.8 Å². The third-order valence-electron chi connectivity index (χ3n) is 2.75. The summed E-state index contributed by atoms with van der Waals surface area (Å²) in [6, 6.07) is 7.48. The van der Waals surface area contributed by atoms with Crippen LogP contribution in [0.3, 0.4) is 0 Å². The summed E-state index contributed by atoms with van der Waals surface area (Å²) in [6.45, 7) is 1.11. The van der Waals surface area contributed by atoms with Crippen molar-refractivity contribution in [2.45, 2.75) is 0 Å². The molecule has 86 valence electrons. The van der Waals surface area contributed by atoms with Gasteiger partial charge in [0.25, 0.3) is 0 Å². The van der Waals surface area contributed by atoms with Crippen molar-refractivity contribution in [2.75, 3.05) is 25.1 Å². The first-order valence-electron chi connectivity index (χ1n) is 5.02. The number of hydrogen-bond donors (Lipinski definition) is 2. The largest absolute Gasteiger partial charge is 0.379 e. The number of nitrogens with one attached hydrogen (secondary N) is 1. The average molecular weight is 285 g/mol. The minimum absolute atomic E-state index is 0.0758. The van der Waals surface area contributed by atoms with Crippen LogP contribution in [-0.4, -0.2) is 25.7 Å². The molecule has 1 aliphatic rings. The van der Waals surface area contributed by atoms with Crippen LogP contribution in [-0.2, 0) is 9.53 Å². The fraction of sp³-hybridized carbons (Fsp3) is 0.364. The van der Waals surface area contributed by atoms with Crippen LogP contribution < -0.4 is 11.1 Å². The highest BCUT2D eigenvalue weighted by molar-refractivity contribution is 9.10. The zero-order valence-electron chi connectivity index (χ0n) is 8.70. The SMILES string of the molecule is NCC1(C(=O)Nc2ccccc2Br)COC1. The highest BCUT2D eigenvalue weighted by Gasteiger charge is 2.44. The van der Waals surface area contributed by atoms with E-state index in [0.717, 1.165) is 10.2 Å². The molecular formula is C11H13BrN2O2. The number of rotatable bonds is 3. The van der Waals surface area contributed by atoms with E-state index in [0.29, 0.717) is 19.8 Å². The number of ether oxygens (including phenoxy) is 1. The highest BCUT2D eigenvalue weighted by Crippen LogP contribution is 2.29. The molecule has 1 aliphatic heterocycles. The van der Waals surface area contributed by atoms with E-state index in [4.69, 9.17) is 10.5 Å². The minimum atomic E-state index is -0.546. The van der Waals surface area contributed by atoms with Crippen molar-refractivity contribution < 1.29 is 9.53 Å². The van der Waals surface area contributed by atoms with Gasteiger partial charge in [-0.25, -0.2) is 0 Å². The van der Waals surface area contributed by atoms with Crippen molar-refractivity contribution in [2.24, 2.45) is 11.1 Å². The summed E-state index contributed by atoms with van der Waals surface area (Å²) in [5, 5.41) is 2.86. The molecule has 0 unspecified atom stereocenters. The number of halogens is 1. The molecule has 2 rings (SSSR count). The van der Waals surface area contributed by atoms with Crippen LogP contribution in [0.5, 0.6) is 0 Å². The molecule has 0 saturated carbocycles. The molecule has 0 aliphatic carbocycles. The van der Waals surface area contributed by atoms with Crippen molar-refractivity contribution in [3.63, 3.8) is 0 Å². The number of benzene rings is 1. The molecule has 1 saturated heterocycles. The van der Waals surface area contributed by atoms with Gasteiger partial charge in [-0.05, 0) is 28.1 Å². The smallest absolute Gasteiger partial charge is 0.236 e. The molecule has 3 N–H and O–H groups in total. The maximum atomic E-state index is 12.0. The molecule has 1 amide bonds. The van der Waals surface area contributed by atoms with E-state index in [2.05, 4.69) is 21.2 Å². The third kappa shape index (κ3) is 1.98. The van der Waals surface area contributed by atoms with Gasteiger partial charge in [0.05, 0.1) is 18.9 Å². The van der Waals surface area contributed by atoms with Crippen LogP contribution in [0.1, 0.15) is 0 Å². The Balaban J connectivity index is 2.10. The zero-order chi connectivity index (χ0) is 11.6. The van der Waals surface area contributed by atoms with E-state index in [1.54, 1.807) is 0 Å². The Bertz CT molecular complexity index is 399. The van der Waals surface area contributed by atoms with E-state index in [9.17, 15) is 4.79 Å². The third-order valence-corrected chi connectivity index (χ3v) is 3.44. The quantitative estimate of drug-likeness (QED) is 0.881. The number of carbonyl (C=O) groups is 1. The van der Waals surface area contributed by atoms with Gasteiger partial charge in [0, 0.05) is 11.0 Å². The zero-order valence-corrected chi connectivity index (χ0v) is 10.3. The van der Waals surface area contributed by atoms with Gasteiger partial charge in [0.1, 0.15) is 5.41 Å². The maximum absolute atomic E-state index is 12.0. The van der Waals surface area contributed by atoms with Crippen LogP contribution >= 0.6 is 15.9 Å². The molecule has 1 fully saturated rings. The Morgan fingerprint density at radius 1 is 1.50 bits per heavy atom. The summed E-state index contributed by atoms with van der Waals surface area (Å²) in [5.41, 5.74) is 5.82. The second kappa shape index (κ2) is 4.53. The molecule has 0 atom stereocenters. The lowest BCUT2D eigenvalue weighted by molar-refractivity contribution is -0.153. The molecule has 0 aromatic heterocycles. The number of carbonyl (C=O) groups excluding carboxylic acids is 1. The molecule has 0 spiro atoms. The lowest BCUT2D eigenvalue weighted by Gasteiger charge is -2.38. The van der Waals surface area contributed by atoms with Gasteiger partial charge >= 0.3 is 0 Å². The molecule has 1 aromatic carbocycles. The van der Waals surface area contributed by atoms with Crippen molar-refractivity contribution in [3.05, 3.63) is 28.7 Å². The molecule has 0 bridgehead atoms. The second-order valence-corrected chi connectivity index (χ2v) is 4.77. The van der Waals surface area contributed by atoms with Crippen LogP contribution in [0.25, 0.3) is 0 Å². The summed E-state index contributed by atoms with van der Waals surface area (Å²) < 4.78 is 5.92. The van der Waals surface area contributed by atoms with Gasteiger partial charge in [0.2, 0.25) is 5.91 Å². The van der Waals surface area contributed by atoms with Gasteiger partial charge in [-0.1, -0.05) is 12.1 Å². The Morgan fingerprint density at radius 3 is 2.69 bits per heavy atom. The number of amides is 1. The maximum Gasteiger partial charge on any atom is 0.236 e. The Hall–Kier alpha value is -0.910. The van der Waals surface area contributed by atoms with Crippen molar-refractivity contribution in [1.82, 2.24) is 0 Å². The van der Waals surface area contributed by atoms with Gasteiger partial charge in [-0.15, -0.1) is 0 Å². The van der Waals surface area contributed by atoms with Gasteiger partial charge in [0.15, 0.2) is 0 Å². The first-order chi connectivity index (χ1) is 7.68. The summed E-state index contributed by atoms with van der Waals surface area (Å²) in [4.78, 5) is 12.0. The average Bonchev–Trinajstić information content (AvgIpc) is 2.21. The number of nitrogens with two attached hydrogens (primary N) is 1. The molecular weight excluding hydrogens is 272 g/mol. The van der Waals surface area contributed by atoms with Crippen LogP contribution in [0, 0.1) is 5.41 Å². The van der Waals surface area contributed by atoms with Crippen LogP contribution in [0.4, 0.5) is 5.69 Å². The van der Waals surface area contributed by atoms with E-state index in [-0.39, 0.29) is 5.91 Å². The number of hydrogen-bond acceptors (Lipinski definition) is 3. The fourth-order valence-electron chi connectivity index (χ4n) is 1.51. The van der Waals surface area contributed by atoms with Crippen molar-refractivity contribution in [1.29, 1.82) is 0 Å². The van der Waals surface area contributed by atoms with E-state index < -0.39 is 5.41 Å². The predicted octanol–water partition coefficient (Wildman–Crippen LogP) is 1.36. The van der Waals surface area contributed by atoms with Gasteiger partial charge in [-0.2, -0.15) is 0 Å². The monoisotopic (exact) mass is 284 g/mol. The molecule has 1 heterocycles. The molecule has 5 heteroatoms. The van der Waals surface area contributed by atoms with E-state index >= 15 is 0 Å². The summed E-state index contributed by atoms with van der Waals surface area (Å²) in [6.07, 6.45) is 0. The molecule has 0 radical (unpaired) electrons. The van der Waals surface area contributed by atoms with E-state index in [1.165, 1.54) is 0 Å². The Labute approximate surface area is 102 Å². The van der Waals surface area contributed by atoms with Crippen molar-refractivity contribution >= 4 is 27.5 Å². The molecule has 1 aromatic rings. The first-order valence-corrected chi connectivity index (χ1v) is 5.81.